The van der Waals surface area contributed by atoms with Crippen molar-refractivity contribution < 1.29 is 4.74 Å². The Morgan fingerprint density at radius 1 is 0.833 bits per heavy atom. The van der Waals surface area contributed by atoms with Crippen molar-refractivity contribution in [3.63, 3.8) is 0 Å². The number of rotatable bonds is 5. The van der Waals surface area contributed by atoms with Crippen LogP contribution in [-0.2, 0) is 6.61 Å². The van der Waals surface area contributed by atoms with Crippen LogP contribution in [0.15, 0.2) is 87.5 Å². The first-order valence-electron chi connectivity index (χ1n) is 7.65. The molecule has 3 rings (SSSR count). The Kier molecular flexibility index (Phi) is 5.39. The van der Waals surface area contributed by atoms with E-state index in [1.54, 1.807) is 0 Å². The summed E-state index contributed by atoms with van der Waals surface area (Å²) in [6.45, 7) is 2.60. The van der Waals surface area contributed by atoms with E-state index < -0.39 is 0 Å². The standard InChI is InChI=1S/C20H17BrN2O/c1-15-7-9-16(10-8-15)14-24-20-12-11-18(13-19(20)21)23-22-17-5-3-2-4-6-17/h2-13H,14H2,1H3. The number of azo groups is 1. The van der Waals surface area contributed by atoms with Gasteiger partial charge in [-0.2, -0.15) is 10.2 Å². The van der Waals surface area contributed by atoms with E-state index in [1.807, 2.05) is 48.5 Å². The minimum Gasteiger partial charge on any atom is -0.488 e. The van der Waals surface area contributed by atoms with Gasteiger partial charge in [-0.05, 0) is 58.7 Å². The number of hydrogen-bond donors (Lipinski definition) is 0. The second-order valence-electron chi connectivity index (χ2n) is 5.42. The first-order valence-corrected chi connectivity index (χ1v) is 8.45. The molecule has 0 atom stereocenters. The summed E-state index contributed by atoms with van der Waals surface area (Å²) in [7, 11) is 0. The van der Waals surface area contributed by atoms with Gasteiger partial charge in [0.25, 0.3) is 0 Å². The summed E-state index contributed by atoms with van der Waals surface area (Å²) in [6, 6.07) is 23.7. The van der Waals surface area contributed by atoms with Gasteiger partial charge >= 0.3 is 0 Å². The lowest BCUT2D eigenvalue weighted by Crippen LogP contribution is -1.95. The number of ether oxygens (including phenoxy) is 1. The van der Waals surface area contributed by atoms with Gasteiger partial charge in [-0.15, -0.1) is 0 Å². The van der Waals surface area contributed by atoms with E-state index >= 15 is 0 Å². The number of benzene rings is 3. The molecule has 3 aromatic rings. The van der Waals surface area contributed by atoms with Crippen molar-refractivity contribution >= 4 is 27.3 Å². The van der Waals surface area contributed by atoms with Crippen molar-refractivity contribution in [3.05, 3.63) is 88.4 Å². The molecule has 0 N–H and O–H groups in total. The Hall–Kier alpha value is -2.46. The van der Waals surface area contributed by atoms with E-state index in [4.69, 9.17) is 4.74 Å². The highest BCUT2D eigenvalue weighted by molar-refractivity contribution is 9.10. The van der Waals surface area contributed by atoms with Gasteiger partial charge in [0.1, 0.15) is 12.4 Å². The van der Waals surface area contributed by atoms with Crippen molar-refractivity contribution in [1.82, 2.24) is 0 Å². The molecule has 24 heavy (non-hydrogen) atoms. The van der Waals surface area contributed by atoms with Crippen LogP contribution < -0.4 is 4.74 Å². The second-order valence-corrected chi connectivity index (χ2v) is 6.28. The molecule has 3 nitrogen and oxygen atoms in total. The van der Waals surface area contributed by atoms with Crippen LogP contribution in [0.1, 0.15) is 11.1 Å². The van der Waals surface area contributed by atoms with Crippen LogP contribution in [0, 0.1) is 6.92 Å². The Morgan fingerprint density at radius 3 is 2.25 bits per heavy atom. The average Bonchev–Trinajstić information content (AvgIpc) is 2.61. The zero-order valence-electron chi connectivity index (χ0n) is 13.3. The van der Waals surface area contributed by atoms with E-state index in [0.29, 0.717) is 6.61 Å². The monoisotopic (exact) mass is 380 g/mol. The van der Waals surface area contributed by atoms with Gasteiger partial charge in [0.05, 0.1) is 15.8 Å². The first-order chi connectivity index (χ1) is 11.7. The summed E-state index contributed by atoms with van der Waals surface area (Å²) in [6.07, 6.45) is 0. The van der Waals surface area contributed by atoms with Crippen molar-refractivity contribution in [2.75, 3.05) is 0 Å². The summed E-state index contributed by atoms with van der Waals surface area (Å²) in [5, 5.41) is 8.46. The van der Waals surface area contributed by atoms with Crippen LogP contribution in [0.3, 0.4) is 0 Å². The lowest BCUT2D eigenvalue weighted by atomic mass is 10.2. The van der Waals surface area contributed by atoms with Gasteiger partial charge in [-0.3, -0.25) is 0 Å². The van der Waals surface area contributed by atoms with E-state index in [0.717, 1.165) is 27.2 Å². The van der Waals surface area contributed by atoms with E-state index in [-0.39, 0.29) is 0 Å². The largest absolute Gasteiger partial charge is 0.488 e. The first kappa shape index (κ1) is 16.4. The minimum absolute atomic E-state index is 0.532. The summed E-state index contributed by atoms with van der Waals surface area (Å²) < 4.78 is 6.72. The number of hydrogen-bond acceptors (Lipinski definition) is 3. The molecule has 0 aliphatic rings. The quantitative estimate of drug-likeness (QED) is 0.450. The highest BCUT2D eigenvalue weighted by atomic mass is 79.9. The van der Waals surface area contributed by atoms with Gasteiger partial charge in [-0.25, -0.2) is 0 Å². The Morgan fingerprint density at radius 2 is 1.54 bits per heavy atom. The highest BCUT2D eigenvalue weighted by Crippen LogP contribution is 2.30. The molecule has 0 aromatic heterocycles. The van der Waals surface area contributed by atoms with Gasteiger partial charge in [0.15, 0.2) is 0 Å². The molecule has 0 aliphatic carbocycles. The molecule has 0 radical (unpaired) electrons. The van der Waals surface area contributed by atoms with Crippen LogP contribution in [0.5, 0.6) is 5.75 Å². The highest BCUT2D eigenvalue weighted by Gasteiger charge is 2.03. The van der Waals surface area contributed by atoms with Crippen LogP contribution >= 0.6 is 15.9 Å². The maximum absolute atomic E-state index is 5.86. The molecule has 0 aliphatic heterocycles. The SMILES string of the molecule is Cc1ccc(COc2ccc(N=Nc3ccccc3)cc2Br)cc1. The molecule has 0 saturated heterocycles. The fraction of sp³-hybridized carbons (Fsp3) is 0.100. The molecule has 0 heterocycles. The molecular weight excluding hydrogens is 364 g/mol. The fourth-order valence-electron chi connectivity index (χ4n) is 2.12. The lowest BCUT2D eigenvalue weighted by molar-refractivity contribution is 0.304. The third-order valence-electron chi connectivity index (χ3n) is 3.47. The topological polar surface area (TPSA) is 34.0 Å². The van der Waals surface area contributed by atoms with E-state index in [9.17, 15) is 0 Å². The predicted molar refractivity (Wildman–Crippen MR) is 100 cm³/mol. The van der Waals surface area contributed by atoms with Gasteiger partial charge in [0.2, 0.25) is 0 Å². The molecule has 0 bridgehead atoms. The molecule has 0 amide bonds. The molecule has 0 saturated carbocycles. The van der Waals surface area contributed by atoms with Gasteiger partial charge in [0, 0.05) is 0 Å². The molecule has 120 valence electrons. The van der Waals surface area contributed by atoms with Gasteiger partial charge < -0.3 is 4.74 Å². The van der Waals surface area contributed by atoms with Crippen LogP contribution in [-0.4, -0.2) is 0 Å². The Balaban J connectivity index is 1.66. The van der Waals surface area contributed by atoms with E-state index in [2.05, 4.69) is 57.3 Å². The number of nitrogens with zero attached hydrogens (tertiary/aromatic N) is 2. The summed E-state index contributed by atoms with van der Waals surface area (Å²) >= 11 is 3.53. The maximum atomic E-state index is 5.86. The van der Waals surface area contributed by atoms with Crippen LogP contribution in [0.25, 0.3) is 0 Å². The van der Waals surface area contributed by atoms with Crippen molar-refractivity contribution in [2.24, 2.45) is 10.2 Å². The summed E-state index contributed by atoms with van der Waals surface area (Å²) in [4.78, 5) is 0. The smallest absolute Gasteiger partial charge is 0.134 e. The normalized spacial score (nSPS) is 10.9. The van der Waals surface area contributed by atoms with Crippen molar-refractivity contribution in [3.8, 4) is 5.75 Å². The second kappa shape index (κ2) is 7.88. The third kappa shape index (κ3) is 4.52. The molecular formula is C20H17BrN2O. The lowest BCUT2D eigenvalue weighted by Gasteiger charge is -2.09. The third-order valence-corrected chi connectivity index (χ3v) is 4.09. The molecule has 0 spiro atoms. The predicted octanol–water partition coefficient (Wildman–Crippen LogP) is 6.75. The number of aryl methyl sites for hydroxylation is 1. The van der Waals surface area contributed by atoms with Crippen LogP contribution in [0.4, 0.5) is 11.4 Å². The zero-order chi connectivity index (χ0) is 16.8. The molecule has 0 unspecified atom stereocenters. The number of halogens is 1. The average molecular weight is 381 g/mol. The zero-order valence-corrected chi connectivity index (χ0v) is 14.9. The van der Waals surface area contributed by atoms with Crippen molar-refractivity contribution in [2.45, 2.75) is 13.5 Å². The Labute approximate surface area is 150 Å². The molecule has 0 fully saturated rings. The minimum atomic E-state index is 0.532. The molecule has 3 aromatic carbocycles. The van der Waals surface area contributed by atoms with E-state index in [1.165, 1.54) is 5.56 Å². The maximum Gasteiger partial charge on any atom is 0.134 e. The summed E-state index contributed by atoms with van der Waals surface area (Å²) in [5.74, 6) is 0.786. The fourth-order valence-corrected chi connectivity index (χ4v) is 2.61. The van der Waals surface area contributed by atoms with Crippen LogP contribution in [0.2, 0.25) is 0 Å². The Bertz CT molecular complexity index is 830. The van der Waals surface area contributed by atoms with Gasteiger partial charge in [-0.1, -0.05) is 48.0 Å². The summed E-state index contributed by atoms with van der Waals surface area (Å²) in [5.41, 5.74) is 3.98. The van der Waals surface area contributed by atoms with Crippen molar-refractivity contribution in [1.29, 1.82) is 0 Å². The molecule has 4 heteroatoms.